The molecule has 39 heavy (non-hydrogen) atoms. The summed E-state index contributed by atoms with van der Waals surface area (Å²) in [5, 5.41) is 3.37. The number of anilines is 1. The van der Waals surface area contributed by atoms with Crippen LogP contribution in [-0.4, -0.2) is 50.5 Å². The quantitative estimate of drug-likeness (QED) is 0.315. The molecular weight excluding hydrogens is 557 g/mol. The molecule has 2 amide bonds. The second kappa shape index (κ2) is 13.8. The number of hydrogen-bond donors (Lipinski definition) is 1. The lowest BCUT2D eigenvalue weighted by Crippen LogP contribution is -2.53. The molecule has 1 atom stereocenters. The highest BCUT2D eigenvalue weighted by Gasteiger charge is 2.33. The van der Waals surface area contributed by atoms with Gasteiger partial charge in [0.25, 0.3) is 0 Å². The van der Waals surface area contributed by atoms with E-state index in [1.165, 1.54) is 23.1 Å². The lowest BCUT2D eigenvalue weighted by Gasteiger charge is -2.33. The Morgan fingerprint density at radius 1 is 0.897 bits per heavy atom. The van der Waals surface area contributed by atoms with Gasteiger partial charge in [-0.1, -0.05) is 97.7 Å². The summed E-state index contributed by atoms with van der Waals surface area (Å²) >= 11 is 12.4. The first kappa shape index (κ1) is 30.5. The summed E-state index contributed by atoms with van der Waals surface area (Å²) in [7, 11) is -3.92. The predicted octanol–water partition coefficient (Wildman–Crippen LogP) is 5.17. The van der Waals surface area contributed by atoms with Crippen LogP contribution >= 0.6 is 23.2 Å². The Hall–Kier alpha value is -3.07. The zero-order valence-corrected chi connectivity index (χ0v) is 24.5. The Labute approximate surface area is 240 Å². The monoisotopic (exact) mass is 589 g/mol. The molecule has 3 aromatic rings. The van der Waals surface area contributed by atoms with Crippen molar-refractivity contribution >= 4 is 50.7 Å². The molecule has 10 heteroatoms. The molecule has 0 aliphatic carbocycles. The zero-order chi connectivity index (χ0) is 28.6. The molecule has 0 spiro atoms. The van der Waals surface area contributed by atoms with E-state index in [1.807, 2.05) is 74.5 Å². The van der Waals surface area contributed by atoms with E-state index in [-0.39, 0.29) is 35.5 Å². The van der Waals surface area contributed by atoms with Gasteiger partial charge in [-0.15, -0.1) is 0 Å². The fourth-order valence-electron chi connectivity index (χ4n) is 4.03. The van der Waals surface area contributed by atoms with Gasteiger partial charge in [0.15, 0.2) is 0 Å². The van der Waals surface area contributed by atoms with Crippen LogP contribution in [0.2, 0.25) is 10.0 Å². The standard InChI is InChI=1S/C29H33Cl2N3O4S/c1-21(2)18-32-29(36)27(16-22-10-6-4-7-11-22)33(19-23-12-8-5-9-13-23)28(35)20-34(39(3,37)38)26-15-14-24(30)17-25(26)31/h4-15,17,21,27H,16,18-20H2,1-3H3,(H,32,36)/t27-/m0/s1. The smallest absolute Gasteiger partial charge is 0.244 e. The van der Waals surface area contributed by atoms with Crippen LogP contribution < -0.4 is 9.62 Å². The Bertz CT molecular complexity index is 1370. The lowest BCUT2D eigenvalue weighted by molar-refractivity contribution is -0.140. The predicted molar refractivity (Wildman–Crippen MR) is 157 cm³/mol. The van der Waals surface area contributed by atoms with E-state index >= 15 is 0 Å². The van der Waals surface area contributed by atoms with Crippen LogP contribution in [-0.2, 0) is 32.6 Å². The topological polar surface area (TPSA) is 86.8 Å². The summed E-state index contributed by atoms with van der Waals surface area (Å²) in [6.07, 6.45) is 1.26. The second-order valence-corrected chi connectivity index (χ2v) is 12.5. The summed E-state index contributed by atoms with van der Waals surface area (Å²) in [5.41, 5.74) is 1.80. The van der Waals surface area contributed by atoms with Crippen LogP contribution in [0.15, 0.2) is 78.9 Å². The summed E-state index contributed by atoms with van der Waals surface area (Å²) in [4.78, 5) is 29.0. The number of amides is 2. The van der Waals surface area contributed by atoms with Crippen molar-refractivity contribution in [1.29, 1.82) is 0 Å². The third-order valence-electron chi connectivity index (χ3n) is 6.01. The number of carbonyl (C=O) groups is 2. The third kappa shape index (κ3) is 8.98. The lowest BCUT2D eigenvalue weighted by atomic mass is 10.0. The van der Waals surface area contributed by atoms with Gasteiger partial charge in [-0.2, -0.15) is 0 Å². The highest BCUT2D eigenvalue weighted by atomic mass is 35.5. The molecule has 0 fully saturated rings. The molecule has 0 heterocycles. The van der Waals surface area contributed by atoms with Gasteiger partial charge in [-0.05, 0) is 35.2 Å². The van der Waals surface area contributed by atoms with Crippen molar-refractivity contribution in [2.45, 2.75) is 32.9 Å². The molecule has 1 N–H and O–H groups in total. The maximum absolute atomic E-state index is 14.0. The van der Waals surface area contributed by atoms with Crippen molar-refractivity contribution in [2.75, 3.05) is 23.7 Å². The minimum Gasteiger partial charge on any atom is -0.354 e. The maximum Gasteiger partial charge on any atom is 0.244 e. The van der Waals surface area contributed by atoms with E-state index < -0.39 is 28.5 Å². The van der Waals surface area contributed by atoms with Crippen LogP contribution in [0.5, 0.6) is 0 Å². The van der Waals surface area contributed by atoms with Crippen molar-refractivity contribution < 1.29 is 18.0 Å². The molecular formula is C29H33Cl2N3O4S. The minimum absolute atomic E-state index is 0.0887. The fraction of sp³-hybridized carbons (Fsp3) is 0.310. The van der Waals surface area contributed by atoms with Gasteiger partial charge < -0.3 is 10.2 Å². The molecule has 208 valence electrons. The molecule has 0 bridgehead atoms. The Morgan fingerprint density at radius 3 is 2.03 bits per heavy atom. The normalized spacial score (nSPS) is 12.2. The maximum atomic E-state index is 14.0. The largest absolute Gasteiger partial charge is 0.354 e. The number of nitrogens with one attached hydrogen (secondary N) is 1. The van der Waals surface area contributed by atoms with Gasteiger partial charge in [0.05, 0.1) is 17.0 Å². The third-order valence-corrected chi connectivity index (χ3v) is 7.67. The summed E-state index contributed by atoms with van der Waals surface area (Å²) < 4.78 is 26.6. The highest BCUT2D eigenvalue weighted by Crippen LogP contribution is 2.30. The molecule has 7 nitrogen and oxygen atoms in total. The first-order valence-corrected chi connectivity index (χ1v) is 15.1. The van der Waals surface area contributed by atoms with Crippen molar-refractivity contribution in [3.8, 4) is 0 Å². The number of hydrogen-bond acceptors (Lipinski definition) is 4. The minimum atomic E-state index is -3.92. The average Bonchev–Trinajstić information content (AvgIpc) is 2.88. The number of sulfonamides is 1. The van der Waals surface area contributed by atoms with Crippen molar-refractivity contribution in [1.82, 2.24) is 10.2 Å². The van der Waals surface area contributed by atoms with Crippen molar-refractivity contribution in [3.63, 3.8) is 0 Å². The van der Waals surface area contributed by atoms with E-state index in [4.69, 9.17) is 23.2 Å². The van der Waals surface area contributed by atoms with Crippen LogP contribution in [0.3, 0.4) is 0 Å². The molecule has 0 saturated heterocycles. The Morgan fingerprint density at radius 2 is 1.49 bits per heavy atom. The van der Waals surface area contributed by atoms with E-state index in [1.54, 1.807) is 0 Å². The van der Waals surface area contributed by atoms with E-state index in [9.17, 15) is 18.0 Å². The molecule has 0 saturated carbocycles. The van der Waals surface area contributed by atoms with E-state index in [2.05, 4.69) is 5.32 Å². The average molecular weight is 591 g/mol. The van der Waals surface area contributed by atoms with Gasteiger partial charge in [-0.3, -0.25) is 13.9 Å². The molecule has 0 radical (unpaired) electrons. The zero-order valence-electron chi connectivity index (χ0n) is 22.2. The van der Waals surface area contributed by atoms with Gasteiger partial charge >= 0.3 is 0 Å². The highest BCUT2D eigenvalue weighted by molar-refractivity contribution is 7.92. The number of rotatable bonds is 12. The number of benzene rings is 3. The Kier molecular flexibility index (Phi) is 10.8. The van der Waals surface area contributed by atoms with Gasteiger partial charge in [-0.25, -0.2) is 8.42 Å². The molecule has 0 aliphatic heterocycles. The van der Waals surface area contributed by atoms with E-state index in [0.29, 0.717) is 11.6 Å². The van der Waals surface area contributed by atoms with Crippen LogP contribution in [0.25, 0.3) is 0 Å². The number of halogens is 2. The van der Waals surface area contributed by atoms with Gasteiger partial charge in [0.2, 0.25) is 21.8 Å². The van der Waals surface area contributed by atoms with Crippen molar-refractivity contribution in [3.05, 3.63) is 100 Å². The van der Waals surface area contributed by atoms with Gasteiger partial charge in [0.1, 0.15) is 12.6 Å². The van der Waals surface area contributed by atoms with Gasteiger partial charge in [0, 0.05) is 24.5 Å². The second-order valence-electron chi connectivity index (χ2n) is 9.72. The Balaban J connectivity index is 2.04. The van der Waals surface area contributed by atoms with E-state index in [0.717, 1.165) is 21.7 Å². The molecule has 3 aromatic carbocycles. The number of carbonyl (C=O) groups excluding carboxylic acids is 2. The van der Waals surface area contributed by atoms with Crippen LogP contribution in [0.4, 0.5) is 5.69 Å². The summed E-state index contributed by atoms with van der Waals surface area (Å²) in [6.45, 7) is 3.97. The number of nitrogens with zero attached hydrogens (tertiary/aromatic N) is 2. The molecule has 0 aliphatic rings. The van der Waals surface area contributed by atoms with Crippen LogP contribution in [0, 0.1) is 5.92 Å². The van der Waals surface area contributed by atoms with Crippen molar-refractivity contribution in [2.24, 2.45) is 5.92 Å². The first-order chi connectivity index (χ1) is 18.5. The first-order valence-electron chi connectivity index (χ1n) is 12.5. The summed E-state index contributed by atoms with van der Waals surface area (Å²) in [6, 6.07) is 22.2. The molecule has 0 unspecified atom stereocenters. The fourth-order valence-corrected chi connectivity index (χ4v) is 5.46. The molecule has 3 rings (SSSR count). The summed E-state index contributed by atoms with van der Waals surface area (Å²) in [5.74, 6) is -0.652. The SMILES string of the molecule is CC(C)CNC(=O)[C@H](Cc1ccccc1)N(Cc1ccccc1)C(=O)CN(c1ccc(Cl)cc1Cl)S(C)(=O)=O. The van der Waals surface area contributed by atoms with Crippen LogP contribution in [0.1, 0.15) is 25.0 Å². The molecule has 0 aromatic heterocycles.